The lowest BCUT2D eigenvalue weighted by atomic mass is 9.89. The number of halogens is 5. The molecular formula is C37H37F5N2O5. The van der Waals surface area contributed by atoms with Gasteiger partial charge in [-0.05, 0) is 36.2 Å². The van der Waals surface area contributed by atoms with Gasteiger partial charge in [0.05, 0.1) is 24.9 Å². The van der Waals surface area contributed by atoms with E-state index in [1.807, 2.05) is 80.4 Å². The minimum Gasteiger partial charge on any atom is -0.392 e. The van der Waals surface area contributed by atoms with Crippen molar-refractivity contribution in [3.05, 3.63) is 141 Å². The highest BCUT2D eigenvalue weighted by Gasteiger charge is 2.39. The fraction of sp³-hybridized carbons (Fsp3) is 0.324. The van der Waals surface area contributed by atoms with Gasteiger partial charge in [-0.15, -0.1) is 0 Å². The van der Waals surface area contributed by atoms with Gasteiger partial charge in [-0.2, -0.15) is 0 Å². The summed E-state index contributed by atoms with van der Waals surface area (Å²) < 4.78 is 81.8. The van der Waals surface area contributed by atoms with Crippen molar-refractivity contribution < 1.29 is 46.4 Å². The standard InChI is InChI=1S/C37H37F5N2O5/c1-20-27(18-44(3)21(2)34(46)24-7-5-4-6-8-24)48-37(49-35(20)25-13-11-23(19-45)12-14-25)26-15-9-22(10-16-26)17-43-36(47)28-29(38)31(40)33(42)32(41)30(28)39/h4-16,20-21,27,34-35,37,45-46H,17-19H2,1-3H3,(H,43,47)/t20-,21-,27+,34-,35+,37+/m1/s1. The quantitative estimate of drug-likeness (QED) is 0.0932. The monoisotopic (exact) mass is 684 g/mol. The number of ether oxygens (including phenoxy) is 2. The van der Waals surface area contributed by atoms with Gasteiger partial charge in [0, 0.05) is 30.6 Å². The zero-order valence-electron chi connectivity index (χ0n) is 27.0. The summed E-state index contributed by atoms with van der Waals surface area (Å²) in [5.74, 6) is -12.8. The van der Waals surface area contributed by atoms with E-state index in [-0.39, 0.29) is 31.2 Å². The van der Waals surface area contributed by atoms with E-state index in [2.05, 4.69) is 5.32 Å². The number of carbonyl (C=O) groups is 1. The van der Waals surface area contributed by atoms with Gasteiger partial charge in [-0.1, -0.05) is 85.8 Å². The first-order chi connectivity index (χ1) is 23.4. The van der Waals surface area contributed by atoms with Gasteiger partial charge in [0.1, 0.15) is 5.56 Å². The van der Waals surface area contributed by atoms with Crippen LogP contribution in [-0.4, -0.2) is 46.8 Å². The molecule has 3 N–H and O–H groups in total. The first-order valence-corrected chi connectivity index (χ1v) is 15.7. The van der Waals surface area contributed by atoms with Crippen LogP contribution in [0.2, 0.25) is 0 Å². The second-order valence-electron chi connectivity index (χ2n) is 12.2. The Morgan fingerprint density at radius 3 is 1.96 bits per heavy atom. The van der Waals surface area contributed by atoms with Crippen LogP contribution >= 0.6 is 0 Å². The van der Waals surface area contributed by atoms with Gasteiger partial charge in [-0.25, -0.2) is 22.0 Å². The van der Waals surface area contributed by atoms with E-state index in [0.29, 0.717) is 17.7 Å². The largest absolute Gasteiger partial charge is 0.392 e. The van der Waals surface area contributed by atoms with Crippen LogP contribution in [0.25, 0.3) is 0 Å². The molecule has 7 nitrogen and oxygen atoms in total. The number of aliphatic hydroxyl groups excluding tert-OH is 2. The molecule has 12 heteroatoms. The lowest BCUT2D eigenvalue weighted by molar-refractivity contribution is -0.276. The summed E-state index contributed by atoms with van der Waals surface area (Å²) >= 11 is 0. The molecule has 0 bridgehead atoms. The summed E-state index contributed by atoms with van der Waals surface area (Å²) in [7, 11) is 1.91. The number of likely N-dealkylation sites (N-methyl/N-ethyl adjacent to an activating group) is 1. The Balaban J connectivity index is 1.33. The van der Waals surface area contributed by atoms with Crippen LogP contribution < -0.4 is 5.32 Å². The maximum atomic E-state index is 14.1. The van der Waals surface area contributed by atoms with E-state index in [0.717, 1.165) is 16.7 Å². The van der Waals surface area contributed by atoms with Gasteiger partial charge in [-0.3, -0.25) is 9.69 Å². The predicted octanol–water partition coefficient (Wildman–Crippen LogP) is 6.65. The van der Waals surface area contributed by atoms with Crippen molar-refractivity contribution in [2.75, 3.05) is 13.6 Å². The summed E-state index contributed by atoms with van der Waals surface area (Å²) in [6.45, 7) is 4.05. The molecule has 0 unspecified atom stereocenters. The van der Waals surface area contributed by atoms with Crippen LogP contribution in [0.1, 0.15) is 70.5 Å². The Bertz CT molecular complexity index is 1710. The molecule has 0 radical (unpaired) electrons. The van der Waals surface area contributed by atoms with Gasteiger partial charge in [0.15, 0.2) is 29.6 Å². The number of nitrogens with zero attached hydrogens (tertiary/aromatic N) is 1. The second-order valence-corrected chi connectivity index (χ2v) is 12.2. The van der Waals surface area contributed by atoms with Crippen molar-refractivity contribution >= 4 is 5.91 Å². The van der Waals surface area contributed by atoms with E-state index in [1.54, 1.807) is 24.3 Å². The Morgan fingerprint density at radius 2 is 1.37 bits per heavy atom. The third-order valence-corrected chi connectivity index (χ3v) is 9.03. The van der Waals surface area contributed by atoms with Gasteiger partial charge in [0.2, 0.25) is 5.82 Å². The summed E-state index contributed by atoms with van der Waals surface area (Å²) in [5, 5.41) is 22.8. The minimum absolute atomic E-state index is 0.101. The fourth-order valence-electron chi connectivity index (χ4n) is 5.82. The highest BCUT2D eigenvalue weighted by molar-refractivity contribution is 5.94. The topological polar surface area (TPSA) is 91.3 Å². The summed E-state index contributed by atoms with van der Waals surface area (Å²) in [6, 6.07) is 23.2. The lowest BCUT2D eigenvalue weighted by Gasteiger charge is -2.43. The zero-order chi connectivity index (χ0) is 35.4. The molecule has 4 aromatic carbocycles. The first kappa shape index (κ1) is 36.1. The number of aliphatic hydroxyl groups is 2. The Kier molecular flexibility index (Phi) is 11.5. The van der Waals surface area contributed by atoms with Gasteiger partial charge < -0.3 is 25.0 Å². The average Bonchev–Trinajstić information content (AvgIpc) is 3.13. The highest BCUT2D eigenvalue weighted by Crippen LogP contribution is 2.42. The molecule has 1 heterocycles. The fourth-order valence-corrected chi connectivity index (χ4v) is 5.82. The Morgan fingerprint density at radius 1 is 0.816 bits per heavy atom. The minimum atomic E-state index is -2.35. The molecular weight excluding hydrogens is 647 g/mol. The molecule has 1 aliphatic heterocycles. The van der Waals surface area contributed by atoms with Crippen LogP contribution in [0.4, 0.5) is 22.0 Å². The molecule has 49 heavy (non-hydrogen) atoms. The van der Waals surface area contributed by atoms with Crippen molar-refractivity contribution in [2.24, 2.45) is 5.92 Å². The van der Waals surface area contributed by atoms with Crippen molar-refractivity contribution in [1.29, 1.82) is 0 Å². The molecule has 0 aromatic heterocycles. The summed E-state index contributed by atoms with van der Waals surface area (Å²) in [4.78, 5) is 14.4. The molecule has 5 rings (SSSR count). The van der Waals surface area contributed by atoms with Gasteiger partial charge >= 0.3 is 0 Å². The predicted molar refractivity (Wildman–Crippen MR) is 170 cm³/mol. The third kappa shape index (κ3) is 7.84. The van der Waals surface area contributed by atoms with Gasteiger partial charge in [0.25, 0.3) is 5.91 Å². The van der Waals surface area contributed by atoms with E-state index >= 15 is 0 Å². The second kappa shape index (κ2) is 15.6. The normalized spacial score (nSPS) is 20.6. The van der Waals surface area contributed by atoms with E-state index in [1.165, 1.54) is 0 Å². The number of hydrogen-bond acceptors (Lipinski definition) is 6. The van der Waals surface area contributed by atoms with E-state index in [9.17, 15) is 37.0 Å². The van der Waals surface area contributed by atoms with Crippen LogP contribution in [-0.2, 0) is 22.6 Å². The Labute approximate surface area is 280 Å². The molecule has 260 valence electrons. The number of amides is 1. The number of hydrogen-bond donors (Lipinski definition) is 3. The third-order valence-electron chi connectivity index (χ3n) is 9.03. The van der Waals surface area contributed by atoms with E-state index in [4.69, 9.17) is 9.47 Å². The molecule has 0 aliphatic carbocycles. The Hall–Kier alpha value is -4.20. The van der Waals surface area contributed by atoms with E-state index < -0.39 is 59.1 Å². The molecule has 4 aromatic rings. The van der Waals surface area contributed by atoms with Crippen molar-refractivity contribution in [3.63, 3.8) is 0 Å². The molecule has 1 amide bonds. The van der Waals surface area contributed by atoms with Crippen molar-refractivity contribution in [1.82, 2.24) is 10.2 Å². The smallest absolute Gasteiger partial charge is 0.257 e. The average molecular weight is 685 g/mol. The summed E-state index contributed by atoms with van der Waals surface area (Å²) in [5.41, 5.74) is 1.97. The zero-order valence-corrected chi connectivity index (χ0v) is 27.0. The molecule has 1 fully saturated rings. The number of nitrogens with one attached hydrogen (secondary N) is 1. The number of benzene rings is 4. The number of carbonyl (C=O) groups excluding carboxylic acids is 1. The summed E-state index contributed by atoms with van der Waals surface area (Å²) in [6.07, 6.45) is -2.32. The van der Waals surface area contributed by atoms with Crippen LogP contribution in [0.3, 0.4) is 0 Å². The molecule has 0 spiro atoms. The van der Waals surface area contributed by atoms with Crippen molar-refractivity contribution in [2.45, 2.75) is 57.6 Å². The maximum absolute atomic E-state index is 14.1. The van der Waals surface area contributed by atoms with Crippen LogP contribution in [0, 0.1) is 35.0 Å². The van der Waals surface area contributed by atoms with Crippen molar-refractivity contribution in [3.8, 4) is 0 Å². The van der Waals surface area contributed by atoms with Crippen LogP contribution in [0.5, 0.6) is 0 Å². The molecule has 1 saturated heterocycles. The first-order valence-electron chi connectivity index (χ1n) is 15.7. The highest BCUT2D eigenvalue weighted by atomic mass is 19.2. The van der Waals surface area contributed by atoms with Crippen LogP contribution in [0.15, 0.2) is 78.9 Å². The molecule has 0 saturated carbocycles. The molecule has 6 atom stereocenters. The maximum Gasteiger partial charge on any atom is 0.257 e. The number of rotatable bonds is 11. The lowest BCUT2D eigenvalue weighted by Crippen LogP contribution is -2.46. The SMILES string of the molecule is C[C@@H]1[C@H](CN(C)[C@H](C)[C@@H](O)c2ccccc2)O[C@H](c2ccc(CNC(=O)c3c(F)c(F)c(F)c(F)c3F)cc2)O[C@@H]1c1ccc(CO)cc1. The molecule has 1 aliphatic rings.